The molecule has 152 valence electrons. The summed E-state index contributed by atoms with van der Waals surface area (Å²) in [6, 6.07) is 5.11. The van der Waals surface area contributed by atoms with Gasteiger partial charge in [-0.3, -0.25) is 11.5 Å². The summed E-state index contributed by atoms with van der Waals surface area (Å²) in [4.78, 5) is 6.00. The molecule has 0 aromatic heterocycles. The minimum atomic E-state index is -0.533. The van der Waals surface area contributed by atoms with Crippen molar-refractivity contribution in [3.8, 4) is 5.75 Å². The fourth-order valence-corrected chi connectivity index (χ4v) is 4.43. The molecule has 6 N–H and O–H groups in total. The quantitative estimate of drug-likeness (QED) is 0.685. The zero-order valence-electron chi connectivity index (χ0n) is 16.4. The van der Waals surface area contributed by atoms with Crippen LogP contribution >= 0.6 is 0 Å². The molecule has 27 heavy (non-hydrogen) atoms. The molecule has 3 rings (SSSR count). The van der Waals surface area contributed by atoms with Crippen LogP contribution in [0.2, 0.25) is 0 Å². The van der Waals surface area contributed by atoms with E-state index in [1.807, 2.05) is 16.7 Å². The fraction of sp³-hybridized carbons (Fsp3) is 0.684. The Morgan fingerprint density at radius 3 is 2.26 bits per heavy atom. The van der Waals surface area contributed by atoms with Crippen molar-refractivity contribution in [2.45, 2.75) is 70.4 Å². The standard InChI is InChI=1S/C19H33FN6O/c1-3-24-17(21)25(13-8-6-4-5-7-9-13)19(23)26(18(24)22)14-10-11-16(27-2)15(20)12-14/h10-13,17-19H,3-9,21-23H2,1-2H3. The minimum absolute atomic E-state index is 0.197. The van der Waals surface area contributed by atoms with Gasteiger partial charge < -0.3 is 15.4 Å². The van der Waals surface area contributed by atoms with Crippen LogP contribution in [0.3, 0.4) is 0 Å². The molecule has 0 bridgehead atoms. The number of nitrogens with two attached hydrogens (primary N) is 3. The number of nitrogens with zero attached hydrogens (tertiary/aromatic N) is 3. The molecule has 1 aromatic rings. The number of benzene rings is 1. The van der Waals surface area contributed by atoms with Gasteiger partial charge in [0.25, 0.3) is 0 Å². The number of rotatable bonds is 4. The molecule has 2 aliphatic rings. The molecule has 1 aliphatic carbocycles. The predicted molar refractivity (Wildman–Crippen MR) is 105 cm³/mol. The summed E-state index contributed by atoms with van der Waals surface area (Å²) in [5, 5.41) is 0. The molecule has 0 spiro atoms. The molecule has 7 nitrogen and oxygen atoms in total. The lowest BCUT2D eigenvalue weighted by molar-refractivity contribution is -0.0827. The number of methoxy groups -OCH3 is 1. The highest BCUT2D eigenvalue weighted by atomic mass is 19.1. The first-order chi connectivity index (χ1) is 13.0. The third kappa shape index (κ3) is 3.90. The fourth-order valence-electron chi connectivity index (χ4n) is 4.43. The first kappa shape index (κ1) is 20.3. The first-order valence-corrected chi connectivity index (χ1v) is 9.91. The highest BCUT2D eigenvalue weighted by molar-refractivity contribution is 5.51. The third-order valence-electron chi connectivity index (χ3n) is 5.91. The van der Waals surface area contributed by atoms with Gasteiger partial charge in [0.1, 0.15) is 18.9 Å². The van der Waals surface area contributed by atoms with Gasteiger partial charge in [-0.25, -0.2) is 14.2 Å². The average Bonchev–Trinajstić information content (AvgIpc) is 2.91. The smallest absolute Gasteiger partial charge is 0.167 e. The largest absolute Gasteiger partial charge is 0.494 e. The van der Waals surface area contributed by atoms with E-state index >= 15 is 0 Å². The van der Waals surface area contributed by atoms with Gasteiger partial charge in [0.15, 0.2) is 11.6 Å². The second-order valence-corrected chi connectivity index (χ2v) is 7.39. The van der Waals surface area contributed by atoms with Crippen LogP contribution in [0.1, 0.15) is 45.4 Å². The molecule has 0 amide bonds. The SMILES string of the molecule is CCN1C(N)N(c2ccc(OC)c(F)c2)C(N)N(C2CCCCCC2)C1N. The van der Waals surface area contributed by atoms with Crippen molar-refractivity contribution >= 4 is 5.69 Å². The van der Waals surface area contributed by atoms with Gasteiger partial charge in [-0.05, 0) is 25.0 Å². The number of ether oxygens (including phenoxy) is 1. The van der Waals surface area contributed by atoms with E-state index in [0.717, 1.165) is 12.8 Å². The van der Waals surface area contributed by atoms with E-state index in [1.165, 1.54) is 38.9 Å². The van der Waals surface area contributed by atoms with Gasteiger partial charge in [0.2, 0.25) is 0 Å². The zero-order valence-corrected chi connectivity index (χ0v) is 16.4. The van der Waals surface area contributed by atoms with Crippen LogP contribution < -0.4 is 26.8 Å². The zero-order chi connectivity index (χ0) is 19.6. The van der Waals surface area contributed by atoms with Gasteiger partial charge in [0, 0.05) is 24.3 Å². The summed E-state index contributed by atoms with van der Waals surface area (Å²) in [7, 11) is 1.45. The van der Waals surface area contributed by atoms with Gasteiger partial charge >= 0.3 is 0 Å². The van der Waals surface area contributed by atoms with E-state index in [1.54, 1.807) is 12.1 Å². The van der Waals surface area contributed by atoms with E-state index in [2.05, 4.69) is 4.90 Å². The van der Waals surface area contributed by atoms with Gasteiger partial charge in [0.05, 0.1) is 7.11 Å². The number of hydrogen-bond acceptors (Lipinski definition) is 7. The Morgan fingerprint density at radius 1 is 1.04 bits per heavy atom. The molecule has 1 heterocycles. The van der Waals surface area contributed by atoms with Crippen molar-refractivity contribution in [1.82, 2.24) is 9.80 Å². The monoisotopic (exact) mass is 380 g/mol. The normalized spacial score (nSPS) is 29.0. The summed E-state index contributed by atoms with van der Waals surface area (Å²) in [5.41, 5.74) is 20.4. The van der Waals surface area contributed by atoms with E-state index in [0.29, 0.717) is 18.3 Å². The van der Waals surface area contributed by atoms with Crippen LogP contribution in [0.15, 0.2) is 18.2 Å². The molecule has 1 aliphatic heterocycles. The molecule has 1 saturated carbocycles. The maximum absolute atomic E-state index is 14.3. The predicted octanol–water partition coefficient (Wildman–Crippen LogP) is 1.73. The van der Waals surface area contributed by atoms with Crippen LogP contribution in [0.4, 0.5) is 10.1 Å². The van der Waals surface area contributed by atoms with Crippen molar-refractivity contribution < 1.29 is 9.13 Å². The van der Waals surface area contributed by atoms with Crippen LogP contribution in [0.25, 0.3) is 0 Å². The van der Waals surface area contributed by atoms with Gasteiger partial charge in [-0.15, -0.1) is 0 Å². The van der Waals surface area contributed by atoms with Crippen LogP contribution in [0, 0.1) is 5.82 Å². The summed E-state index contributed by atoms with van der Waals surface area (Å²) >= 11 is 0. The van der Waals surface area contributed by atoms with Crippen LogP contribution in [-0.4, -0.2) is 48.4 Å². The highest BCUT2D eigenvalue weighted by Crippen LogP contribution is 2.33. The van der Waals surface area contributed by atoms with E-state index < -0.39 is 18.4 Å². The summed E-state index contributed by atoms with van der Waals surface area (Å²) in [5.74, 6) is -0.240. The Bertz CT molecular complexity index is 622. The number of anilines is 1. The lowest BCUT2D eigenvalue weighted by atomic mass is 10.1. The molecule has 3 unspecified atom stereocenters. The molecule has 2 fully saturated rings. The first-order valence-electron chi connectivity index (χ1n) is 9.91. The Hall–Kier alpha value is -1.45. The molecule has 8 heteroatoms. The van der Waals surface area contributed by atoms with E-state index in [9.17, 15) is 4.39 Å². The Labute approximate surface area is 161 Å². The van der Waals surface area contributed by atoms with Crippen molar-refractivity contribution in [2.75, 3.05) is 18.6 Å². The molecular formula is C19H33FN6O. The van der Waals surface area contributed by atoms with Crippen molar-refractivity contribution in [3.05, 3.63) is 24.0 Å². The summed E-state index contributed by atoms with van der Waals surface area (Å²) < 4.78 is 19.4. The second-order valence-electron chi connectivity index (χ2n) is 7.39. The maximum atomic E-state index is 14.3. The Kier molecular flexibility index (Phi) is 6.54. The minimum Gasteiger partial charge on any atom is -0.494 e. The molecule has 3 atom stereocenters. The van der Waals surface area contributed by atoms with Crippen LogP contribution in [-0.2, 0) is 0 Å². The summed E-state index contributed by atoms with van der Waals surface area (Å²) in [6.07, 6.45) is 5.58. The van der Waals surface area contributed by atoms with Crippen LogP contribution in [0.5, 0.6) is 5.75 Å². The Morgan fingerprint density at radius 2 is 1.70 bits per heavy atom. The van der Waals surface area contributed by atoms with Crippen molar-refractivity contribution in [2.24, 2.45) is 17.2 Å². The molecular weight excluding hydrogens is 347 g/mol. The lowest BCUT2D eigenvalue weighted by Crippen LogP contribution is -2.79. The summed E-state index contributed by atoms with van der Waals surface area (Å²) in [6.45, 7) is 2.70. The lowest BCUT2D eigenvalue weighted by Gasteiger charge is -2.56. The van der Waals surface area contributed by atoms with Crippen molar-refractivity contribution in [3.63, 3.8) is 0 Å². The maximum Gasteiger partial charge on any atom is 0.167 e. The average molecular weight is 381 g/mol. The number of halogens is 1. The highest BCUT2D eigenvalue weighted by Gasteiger charge is 2.44. The van der Waals surface area contributed by atoms with Gasteiger partial charge in [-0.1, -0.05) is 32.6 Å². The second kappa shape index (κ2) is 8.70. The van der Waals surface area contributed by atoms with E-state index in [-0.39, 0.29) is 12.0 Å². The van der Waals surface area contributed by atoms with Gasteiger partial charge in [-0.2, -0.15) is 0 Å². The number of hydrogen-bond donors (Lipinski definition) is 3. The topological polar surface area (TPSA) is 97.0 Å². The molecule has 0 radical (unpaired) electrons. The molecule has 1 saturated heterocycles. The van der Waals surface area contributed by atoms with Crippen molar-refractivity contribution in [1.29, 1.82) is 0 Å². The third-order valence-corrected chi connectivity index (χ3v) is 5.91. The van der Waals surface area contributed by atoms with E-state index in [4.69, 9.17) is 21.9 Å². The Balaban J connectivity index is 1.95. The molecule has 1 aromatic carbocycles.